The van der Waals surface area contributed by atoms with Crippen molar-refractivity contribution in [2.75, 3.05) is 20.2 Å². The zero-order valence-corrected chi connectivity index (χ0v) is 13.5. The first-order valence-corrected chi connectivity index (χ1v) is 7.81. The molecule has 1 amide bonds. The second-order valence-electron chi connectivity index (χ2n) is 5.66. The van der Waals surface area contributed by atoms with Crippen LogP contribution in [0.15, 0.2) is 18.2 Å². The van der Waals surface area contributed by atoms with Gasteiger partial charge in [-0.3, -0.25) is 4.79 Å². The van der Waals surface area contributed by atoms with Gasteiger partial charge in [0.15, 0.2) is 11.6 Å². The molecule has 1 fully saturated rings. The van der Waals surface area contributed by atoms with Crippen LogP contribution in [-0.2, 0) is 16.1 Å². The van der Waals surface area contributed by atoms with Gasteiger partial charge in [0.1, 0.15) is 0 Å². The van der Waals surface area contributed by atoms with Crippen LogP contribution in [0.5, 0.6) is 5.75 Å². The lowest BCUT2D eigenvalue weighted by Gasteiger charge is -2.40. The minimum atomic E-state index is -0.386. The topological polar surface area (TPSA) is 38.8 Å². The monoisotopic (exact) mass is 309 g/mol. The maximum absolute atomic E-state index is 13.6. The minimum Gasteiger partial charge on any atom is -0.494 e. The Bertz CT molecular complexity index is 511. The summed E-state index contributed by atoms with van der Waals surface area (Å²) in [5.41, 5.74) is 0.767. The number of hydrogen-bond donors (Lipinski definition) is 0. The zero-order valence-electron chi connectivity index (χ0n) is 13.5. The summed E-state index contributed by atoms with van der Waals surface area (Å²) >= 11 is 0. The molecular formula is C17H24FNO3. The normalized spacial score (nSPS) is 15.0. The molecule has 1 saturated heterocycles. The molecule has 1 aromatic rings. The molecule has 0 aromatic heterocycles. The van der Waals surface area contributed by atoms with Gasteiger partial charge in [-0.1, -0.05) is 19.9 Å². The summed E-state index contributed by atoms with van der Waals surface area (Å²) in [5, 5.41) is 0. The van der Waals surface area contributed by atoms with Gasteiger partial charge in [-0.2, -0.15) is 0 Å². The Labute approximate surface area is 131 Å². The summed E-state index contributed by atoms with van der Waals surface area (Å²) in [6.07, 6.45) is 1.80. The van der Waals surface area contributed by atoms with E-state index < -0.39 is 0 Å². The summed E-state index contributed by atoms with van der Waals surface area (Å²) in [5.74, 6) is 0.189. The fraction of sp³-hybridized carbons (Fsp3) is 0.588. The molecule has 22 heavy (non-hydrogen) atoms. The summed E-state index contributed by atoms with van der Waals surface area (Å²) < 4.78 is 24.2. The molecule has 0 unspecified atom stereocenters. The van der Waals surface area contributed by atoms with E-state index in [1.54, 1.807) is 12.1 Å². The van der Waals surface area contributed by atoms with Crippen LogP contribution in [0.3, 0.4) is 0 Å². The first-order chi connectivity index (χ1) is 10.6. The van der Waals surface area contributed by atoms with Crippen LogP contribution in [0, 0.1) is 11.7 Å². The molecule has 122 valence electrons. The van der Waals surface area contributed by atoms with Gasteiger partial charge < -0.3 is 14.4 Å². The SMILES string of the molecule is CCC(CC)C(=O)N1CC(OCc2ccc(OC)c(F)c2)C1. The number of carbonyl (C=O) groups is 1. The number of rotatable bonds is 7. The Morgan fingerprint density at radius 3 is 2.59 bits per heavy atom. The quantitative estimate of drug-likeness (QED) is 0.777. The van der Waals surface area contributed by atoms with E-state index in [0.29, 0.717) is 19.7 Å². The summed E-state index contributed by atoms with van der Waals surface area (Å²) in [7, 11) is 1.44. The van der Waals surface area contributed by atoms with Crippen molar-refractivity contribution in [3.05, 3.63) is 29.6 Å². The van der Waals surface area contributed by atoms with Gasteiger partial charge in [0.25, 0.3) is 0 Å². The predicted octanol–water partition coefficient (Wildman–Crippen LogP) is 3.00. The van der Waals surface area contributed by atoms with Crippen LogP contribution in [-0.4, -0.2) is 37.1 Å². The molecule has 0 aliphatic carbocycles. The molecule has 1 aliphatic heterocycles. The predicted molar refractivity (Wildman–Crippen MR) is 82.2 cm³/mol. The molecule has 5 heteroatoms. The minimum absolute atomic E-state index is 0.0449. The molecule has 0 N–H and O–H groups in total. The first-order valence-electron chi connectivity index (χ1n) is 7.81. The number of ether oxygens (including phenoxy) is 2. The molecule has 1 heterocycles. The number of carbonyl (C=O) groups excluding carboxylic acids is 1. The van der Waals surface area contributed by atoms with E-state index in [-0.39, 0.29) is 29.5 Å². The highest BCUT2D eigenvalue weighted by molar-refractivity contribution is 5.79. The molecule has 1 aromatic carbocycles. The fourth-order valence-corrected chi connectivity index (χ4v) is 2.63. The largest absolute Gasteiger partial charge is 0.494 e. The molecule has 2 rings (SSSR count). The molecule has 0 spiro atoms. The Morgan fingerprint density at radius 1 is 1.36 bits per heavy atom. The Morgan fingerprint density at radius 2 is 2.05 bits per heavy atom. The van der Waals surface area contributed by atoms with E-state index in [4.69, 9.17) is 9.47 Å². The van der Waals surface area contributed by atoms with Gasteiger partial charge in [-0.05, 0) is 30.5 Å². The average Bonchev–Trinajstić information content (AvgIpc) is 2.47. The average molecular weight is 309 g/mol. The summed E-state index contributed by atoms with van der Waals surface area (Å²) in [4.78, 5) is 14.0. The van der Waals surface area contributed by atoms with Crippen LogP contribution in [0.1, 0.15) is 32.3 Å². The van der Waals surface area contributed by atoms with E-state index in [9.17, 15) is 9.18 Å². The van der Waals surface area contributed by atoms with E-state index in [1.165, 1.54) is 13.2 Å². The molecule has 0 saturated carbocycles. The van der Waals surface area contributed by atoms with E-state index >= 15 is 0 Å². The van der Waals surface area contributed by atoms with Crippen molar-refractivity contribution in [1.82, 2.24) is 4.90 Å². The van der Waals surface area contributed by atoms with E-state index in [0.717, 1.165) is 18.4 Å². The maximum atomic E-state index is 13.6. The third kappa shape index (κ3) is 3.77. The number of benzene rings is 1. The van der Waals surface area contributed by atoms with Gasteiger partial charge in [-0.25, -0.2) is 4.39 Å². The van der Waals surface area contributed by atoms with Gasteiger partial charge in [0.05, 0.1) is 19.8 Å². The van der Waals surface area contributed by atoms with Crippen molar-refractivity contribution in [2.24, 2.45) is 5.92 Å². The number of amides is 1. The molecule has 1 aliphatic rings. The molecular weight excluding hydrogens is 285 g/mol. The number of hydrogen-bond acceptors (Lipinski definition) is 3. The van der Waals surface area contributed by atoms with Crippen LogP contribution < -0.4 is 4.74 Å². The smallest absolute Gasteiger partial charge is 0.225 e. The first kappa shape index (κ1) is 16.7. The van der Waals surface area contributed by atoms with Crippen LogP contribution in [0.2, 0.25) is 0 Å². The van der Waals surface area contributed by atoms with Crippen molar-refractivity contribution in [2.45, 2.75) is 39.4 Å². The van der Waals surface area contributed by atoms with E-state index in [1.807, 2.05) is 18.7 Å². The molecule has 0 radical (unpaired) electrons. The van der Waals surface area contributed by atoms with E-state index in [2.05, 4.69) is 0 Å². The Balaban J connectivity index is 1.76. The highest BCUT2D eigenvalue weighted by Crippen LogP contribution is 2.22. The second kappa shape index (κ2) is 7.58. The van der Waals surface area contributed by atoms with Gasteiger partial charge in [-0.15, -0.1) is 0 Å². The zero-order chi connectivity index (χ0) is 16.1. The highest BCUT2D eigenvalue weighted by Gasteiger charge is 2.33. The van der Waals surface area contributed by atoms with Crippen LogP contribution >= 0.6 is 0 Å². The van der Waals surface area contributed by atoms with Gasteiger partial charge >= 0.3 is 0 Å². The van der Waals surface area contributed by atoms with Gasteiger partial charge in [0.2, 0.25) is 5.91 Å². The van der Waals surface area contributed by atoms with Crippen molar-refractivity contribution < 1.29 is 18.7 Å². The van der Waals surface area contributed by atoms with Crippen LogP contribution in [0.4, 0.5) is 4.39 Å². The lowest BCUT2D eigenvalue weighted by atomic mass is 9.99. The Kier molecular flexibility index (Phi) is 5.77. The third-order valence-electron chi connectivity index (χ3n) is 4.20. The number of halogens is 1. The van der Waals surface area contributed by atoms with Crippen molar-refractivity contribution in [3.8, 4) is 5.75 Å². The summed E-state index contributed by atoms with van der Waals surface area (Å²) in [6.45, 7) is 5.69. The summed E-state index contributed by atoms with van der Waals surface area (Å²) in [6, 6.07) is 4.80. The fourth-order valence-electron chi connectivity index (χ4n) is 2.63. The second-order valence-corrected chi connectivity index (χ2v) is 5.66. The van der Waals surface area contributed by atoms with Crippen molar-refractivity contribution >= 4 is 5.91 Å². The third-order valence-corrected chi connectivity index (χ3v) is 4.20. The molecule has 0 atom stereocenters. The standard InChI is InChI=1S/C17H24FNO3/c1-4-13(5-2)17(20)19-9-14(10-19)22-11-12-6-7-16(21-3)15(18)8-12/h6-8,13-14H,4-5,9-11H2,1-3H3. The molecule has 4 nitrogen and oxygen atoms in total. The van der Waals surface area contributed by atoms with Gasteiger partial charge in [0, 0.05) is 19.0 Å². The molecule has 0 bridgehead atoms. The van der Waals surface area contributed by atoms with Crippen molar-refractivity contribution in [3.63, 3.8) is 0 Å². The number of methoxy groups -OCH3 is 1. The lowest BCUT2D eigenvalue weighted by molar-refractivity contribution is -0.150. The van der Waals surface area contributed by atoms with Crippen LogP contribution in [0.25, 0.3) is 0 Å². The Hall–Kier alpha value is -1.62. The van der Waals surface area contributed by atoms with Crippen molar-refractivity contribution in [1.29, 1.82) is 0 Å². The number of nitrogens with zero attached hydrogens (tertiary/aromatic N) is 1. The number of likely N-dealkylation sites (tertiary alicyclic amines) is 1. The lowest BCUT2D eigenvalue weighted by Crippen LogP contribution is -2.56. The maximum Gasteiger partial charge on any atom is 0.225 e. The highest BCUT2D eigenvalue weighted by atomic mass is 19.1.